The molecule has 2 aromatic rings. The molecule has 0 bridgehead atoms. The molecule has 0 atom stereocenters. The van der Waals surface area contributed by atoms with Gasteiger partial charge in [-0.05, 0) is 23.3 Å². The molecule has 0 spiro atoms. The van der Waals surface area contributed by atoms with E-state index in [1.165, 1.54) is 11.3 Å². The molecular formula is C19H19NO. The number of nitrogens with zero attached hydrogens (tertiary/aromatic N) is 1. The lowest BCUT2D eigenvalue weighted by atomic mass is 10.1. The zero-order valence-corrected chi connectivity index (χ0v) is 12.4. The van der Waals surface area contributed by atoms with Gasteiger partial charge in [0.25, 0.3) is 0 Å². The molecular weight excluding hydrogens is 258 g/mol. The average Bonchev–Trinajstić information content (AvgIpc) is 2.52. The van der Waals surface area contributed by atoms with E-state index in [1.807, 2.05) is 56.6 Å². The van der Waals surface area contributed by atoms with Crippen LogP contribution in [0.15, 0.2) is 60.7 Å². The molecule has 0 amide bonds. The van der Waals surface area contributed by atoms with E-state index in [9.17, 15) is 4.79 Å². The van der Waals surface area contributed by atoms with Crippen molar-refractivity contribution in [1.29, 1.82) is 0 Å². The van der Waals surface area contributed by atoms with Crippen molar-refractivity contribution in [2.75, 3.05) is 19.0 Å². The Morgan fingerprint density at radius 1 is 0.714 bits per heavy atom. The van der Waals surface area contributed by atoms with Crippen molar-refractivity contribution in [3.8, 4) is 0 Å². The van der Waals surface area contributed by atoms with Crippen molar-refractivity contribution < 1.29 is 4.79 Å². The number of allylic oxidation sites excluding steroid dienone is 2. The van der Waals surface area contributed by atoms with Crippen LogP contribution in [0.2, 0.25) is 0 Å². The van der Waals surface area contributed by atoms with Gasteiger partial charge in [-0.25, -0.2) is 0 Å². The number of carbonyl (C=O) groups is 1. The van der Waals surface area contributed by atoms with Gasteiger partial charge in [-0.1, -0.05) is 60.7 Å². The molecule has 2 aromatic carbocycles. The fraction of sp³-hybridized carbons (Fsp3) is 0.105. The summed E-state index contributed by atoms with van der Waals surface area (Å²) in [6.07, 6.45) is 8.94. The Kier molecular flexibility index (Phi) is 5.10. The lowest BCUT2D eigenvalue weighted by molar-refractivity contribution is 0.112. The second-order valence-electron chi connectivity index (χ2n) is 4.99. The summed E-state index contributed by atoms with van der Waals surface area (Å²) in [4.78, 5) is 12.6. The lowest BCUT2D eigenvalue weighted by Gasteiger charge is -2.11. The van der Waals surface area contributed by atoms with Gasteiger partial charge >= 0.3 is 0 Å². The number of hydrogen-bond donors (Lipinski definition) is 0. The number of rotatable bonds is 5. The van der Waals surface area contributed by atoms with Gasteiger partial charge in [0.2, 0.25) is 0 Å². The van der Waals surface area contributed by atoms with E-state index in [4.69, 9.17) is 0 Å². The smallest absolute Gasteiger partial charge is 0.150 e. The number of benzene rings is 2. The molecule has 0 saturated heterocycles. The molecule has 0 aliphatic carbocycles. The van der Waals surface area contributed by atoms with Crippen LogP contribution in [0.1, 0.15) is 21.5 Å². The van der Waals surface area contributed by atoms with Crippen LogP contribution in [0.5, 0.6) is 0 Å². The highest BCUT2D eigenvalue weighted by molar-refractivity contribution is 5.75. The normalized spacial score (nSPS) is 11.1. The molecule has 0 N–H and O–H groups in total. The minimum Gasteiger partial charge on any atom is -0.378 e. The quantitative estimate of drug-likeness (QED) is 0.600. The zero-order valence-electron chi connectivity index (χ0n) is 12.4. The van der Waals surface area contributed by atoms with Crippen molar-refractivity contribution in [1.82, 2.24) is 0 Å². The van der Waals surface area contributed by atoms with Gasteiger partial charge in [-0.15, -0.1) is 0 Å². The highest BCUT2D eigenvalue weighted by Crippen LogP contribution is 2.13. The summed E-state index contributed by atoms with van der Waals surface area (Å²) in [5.41, 5.74) is 4.14. The molecule has 0 saturated carbocycles. The molecule has 0 aromatic heterocycles. The molecule has 21 heavy (non-hydrogen) atoms. The predicted octanol–water partition coefficient (Wildman–Crippen LogP) is 4.29. The van der Waals surface area contributed by atoms with Crippen molar-refractivity contribution in [3.05, 3.63) is 77.4 Å². The van der Waals surface area contributed by atoms with Gasteiger partial charge in [0, 0.05) is 25.3 Å². The highest BCUT2D eigenvalue weighted by atomic mass is 16.1. The third-order valence-electron chi connectivity index (χ3n) is 3.17. The van der Waals surface area contributed by atoms with Crippen LogP contribution in [0.3, 0.4) is 0 Å². The number of hydrogen-bond acceptors (Lipinski definition) is 2. The van der Waals surface area contributed by atoms with Gasteiger partial charge in [0.15, 0.2) is 0 Å². The first-order chi connectivity index (χ1) is 10.2. The van der Waals surface area contributed by atoms with Crippen LogP contribution in [-0.4, -0.2) is 20.4 Å². The molecule has 0 fully saturated rings. The topological polar surface area (TPSA) is 20.3 Å². The monoisotopic (exact) mass is 277 g/mol. The van der Waals surface area contributed by atoms with E-state index in [0.29, 0.717) is 5.56 Å². The Morgan fingerprint density at radius 2 is 1.14 bits per heavy atom. The summed E-state index contributed by atoms with van der Waals surface area (Å²) < 4.78 is 0. The second-order valence-corrected chi connectivity index (χ2v) is 4.99. The third-order valence-corrected chi connectivity index (χ3v) is 3.17. The summed E-state index contributed by atoms with van der Waals surface area (Å²) in [5, 5.41) is 0. The zero-order chi connectivity index (χ0) is 15.1. The Bertz CT molecular complexity index is 634. The van der Waals surface area contributed by atoms with Crippen LogP contribution < -0.4 is 4.90 Å². The largest absolute Gasteiger partial charge is 0.378 e. The van der Waals surface area contributed by atoms with E-state index in [1.54, 1.807) is 0 Å². The molecule has 0 aliphatic rings. The van der Waals surface area contributed by atoms with Gasteiger partial charge < -0.3 is 4.90 Å². The van der Waals surface area contributed by atoms with Crippen molar-refractivity contribution >= 4 is 24.1 Å². The van der Waals surface area contributed by atoms with Crippen LogP contribution in [0, 0.1) is 0 Å². The predicted molar refractivity (Wildman–Crippen MR) is 90.7 cm³/mol. The standard InChI is InChI=1S/C19H19NO/c1-20(2)19-13-11-17(12-14-19)6-4-3-5-16-7-9-18(15-21)10-8-16/h3-15H,1-2H3/b5-3+,6-4+. The first-order valence-electron chi connectivity index (χ1n) is 6.86. The maximum atomic E-state index is 10.6. The summed E-state index contributed by atoms with van der Waals surface area (Å²) in [6.45, 7) is 0. The number of aldehydes is 1. The van der Waals surface area contributed by atoms with Crippen molar-refractivity contribution in [2.45, 2.75) is 0 Å². The first kappa shape index (κ1) is 14.8. The molecule has 0 unspecified atom stereocenters. The highest BCUT2D eigenvalue weighted by Gasteiger charge is 1.93. The molecule has 2 rings (SSSR count). The number of carbonyl (C=O) groups excluding carboxylic acids is 1. The fourth-order valence-electron chi connectivity index (χ4n) is 1.90. The molecule has 2 nitrogen and oxygen atoms in total. The summed E-state index contributed by atoms with van der Waals surface area (Å²) in [6, 6.07) is 15.9. The molecule has 0 aliphatic heterocycles. The van der Waals surface area contributed by atoms with Gasteiger partial charge in [-0.3, -0.25) is 4.79 Å². The van der Waals surface area contributed by atoms with Crippen molar-refractivity contribution in [3.63, 3.8) is 0 Å². The van der Waals surface area contributed by atoms with E-state index in [2.05, 4.69) is 35.2 Å². The minimum atomic E-state index is 0.698. The Hall–Kier alpha value is -2.61. The minimum absolute atomic E-state index is 0.698. The maximum absolute atomic E-state index is 10.6. The third kappa shape index (κ3) is 4.46. The van der Waals surface area contributed by atoms with Gasteiger partial charge in [0.05, 0.1) is 0 Å². The lowest BCUT2D eigenvalue weighted by Crippen LogP contribution is -2.07. The summed E-state index contributed by atoms with van der Waals surface area (Å²) in [7, 11) is 4.06. The number of anilines is 1. The first-order valence-corrected chi connectivity index (χ1v) is 6.86. The maximum Gasteiger partial charge on any atom is 0.150 e. The van der Waals surface area contributed by atoms with E-state index < -0.39 is 0 Å². The fourth-order valence-corrected chi connectivity index (χ4v) is 1.90. The Balaban J connectivity index is 1.97. The van der Waals surface area contributed by atoms with Crippen molar-refractivity contribution in [2.24, 2.45) is 0 Å². The van der Waals surface area contributed by atoms with Gasteiger partial charge in [0.1, 0.15) is 6.29 Å². The summed E-state index contributed by atoms with van der Waals surface area (Å²) >= 11 is 0. The molecule has 106 valence electrons. The van der Waals surface area contributed by atoms with Crippen LogP contribution in [-0.2, 0) is 0 Å². The van der Waals surface area contributed by atoms with E-state index in [-0.39, 0.29) is 0 Å². The van der Waals surface area contributed by atoms with E-state index in [0.717, 1.165) is 11.8 Å². The average molecular weight is 277 g/mol. The van der Waals surface area contributed by atoms with E-state index >= 15 is 0 Å². The SMILES string of the molecule is CN(C)c1ccc(/C=C/C=C/c2ccc(C=O)cc2)cc1. The second kappa shape index (κ2) is 7.25. The van der Waals surface area contributed by atoms with Crippen LogP contribution in [0.25, 0.3) is 12.2 Å². The van der Waals surface area contributed by atoms with Gasteiger partial charge in [-0.2, -0.15) is 0 Å². The molecule has 0 heterocycles. The van der Waals surface area contributed by atoms with Crippen LogP contribution >= 0.6 is 0 Å². The Morgan fingerprint density at radius 3 is 1.57 bits per heavy atom. The Labute approximate surface area is 126 Å². The van der Waals surface area contributed by atoms with Crippen LogP contribution in [0.4, 0.5) is 5.69 Å². The summed E-state index contributed by atoms with van der Waals surface area (Å²) in [5.74, 6) is 0. The molecule has 0 radical (unpaired) electrons. The molecule has 2 heteroatoms.